The summed E-state index contributed by atoms with van der Waals surface area (Å²) in [5, 5.41) is 21.5. The Morgan fingerprint density at radius 1 is 1.06 bits per heavy atom. The summed E-state index contributed by atoms with van der Waals surface area (Å²) >= 11 is 5.94. The van der Waals surface area contributed by atoms with Gasteiger partial charge in [0, 0.05) is 17.1 Å². The van der Waals surface area contributed by atoms with Crippen LogP contribution in [0.5, 0.6) is 0 Å². The van der Waals surface area contributed by atoms with Crippen molar-refractivity contribution in [2.45, 2.75) is 11.3 Å². The highest BCUT2D eigenvalue weighted by Gasteiger charge is 2.33. The minimum Gasteiger partial charge on any atom is -0.478 e. The van der Waals surface area contributed by atoms with Gasteiger partial charge in [0.05, 0.1) is 33.5 Å². The summed E-state index contributed by atoms with van der Waals surface area (Å²) in [5.74, 6) is -1.91. The summed E-state index contributed by atoms with van der Waals surface area (Å²) in [6.45, 7) is 0.371. The van der Waals surface area contributed by atoms with Crippen LogP contribution >= 0.6 is 22.4 Å². The van der Waals surface area contributed by atoms with Crippen molar-refractivity contribution in [1.82, 2.24) is 0 Å². The number of benzene rings is 3. The molecule has 0 atom stereocenters. The fourth-order valence-corrected chi connectivity index (χ4v) is 5.53. The Bertz CT molecular complexity index is 1300. The number of carbonyl (C=O) groups excluding carboxylic acids is 1. The second kappa shape index (κ2) is 8.77. The van der Waals surface area contributed by atoms with Crippen LogP contribution in [-0.4, -0.2) is 32.6 Å². The highest BCUT2D eigenvalue weighted by Crippen LogP contribution is 2.57. The number of hydrogen-bond donors (Lipinski definition) is 4. The third-order valence-electron chi connectivity index (χ3n) is 5.26. The van der Waals surface area contributed by atoms with E-state index in [-0.39, 0.29) is 27.3 Å². The molecule has 1 heterocycles. The molecule has 168 valence electrons. The van der Waals surface area contributed by atoms with Crippen molar-refractivity contribution >= 4 is 45.6 Å². The summed E-state index contributed by atoms with van der Waals surface area (Å²) in [6.07, 6.45) is 0.536. The number of rotatable bonds is 4. The Labute approximate surface area is 196 Å². The van der Waals surface area contributed by atoms with E-state index in [0.29, 0.717) is 29.2 Å². The molecular formula is C23H18ClN3O5S. The second-order valence-corrected chi connectivity index (χ2v) is 9.66. The van der Waals surface area contributed by atoms with Crippen molar-refractivity contribution in [3.05, 3.63) is 87.9 Å². The lowest BCUT2D eigenvalue weighted by atomic mass is 10.1. The van der Waals surface area contributed by atoms with Crippen LogP contribution < -0.4 is 9.62 Å². The molecule has 4 N–H and O–H groups in total. The molecule has 0 aromatic heterocycles. The van der Waals surface area contributed by atoms with Crippen molar-refractivity contribution in [3.8, 4) is 6.07 Å². The maximum atomic E-state index is 12.9. The molecule has 0 unspecified atom stereocenters. The zero-order valence-electron chi connectivity index (χ0n) is 17.0. The van der Waals surface area contributed by atoms with Gasteiger partial charge in [-0.25, -0.2) is 4.79 Å². The number of amides is 1. The molecule has 1 aliphatic rings. The number of carboxylic acid groups (broad SMARTS) is 1. The fourth-order valence-electron chi connectivity index (χ4n) is 3.60. The third kappa shape index (κ3) is 4.37. The van der Waals surface area contributed by atoms with Crippen LogP contribution in [0.15, 0.2) is 65.6 Å². The molecule has 3 aromatic carbocycles. The van der Waals surface area contributed by atoms with Crippen LogP contribution in [0.4, 0.5) is 11.4 Å². The van der Waals surface area contributed by atoms with Crippen molar-refractivity contribution in [3.63, 3.8) is 0 Å². The average Bonchev–Trinajstić information content (AvgIpc) is 2.80. The predicted octanol–water partition coefficient (Wildman–Crippen LogP) is 5.25. The van der Waals surface area contributed by atoms with Gasteiger partial charge in [-0.05, 0) is 66.6 Å². The molecule has 0 fully saturated rings. The van der Waals surface area contributed by atoms with E-state index in [2.05, 4.69) is 5.32 Å². The average molecular weight is 484 g/mol. The molecule has 10 heteroatoms. The normalized spacial score (nSPS) is 15.2. The van der Waals surface area contributed by atoms with Gasteiger partial charge >= 0.3 is 5.97 Å². The standard InChI is InChI=1S/C23H18ClN3O5S/c24-17-4-6-18(7-5-17)27-10-9-15-2-3-16(12-21(15)33(27,31)32)22(28)26-20-8-1-14(13-25)11-19(20)23(29)30/h1-8,11-12,31-32H,9-10H2,(H,26,28)(H,29,30). The van der Waals surface area contributed by atoms with Crippen LogP contribution in [0.2, 0.25) is 5.02 Å². The quantitative estimate of drug-likeness (QED) is 0.398. The molecule has 0 saturated heterocycles. The smallest absolute Gasteiger partial charge is 0.337 e. The molecule has 1 aliphatic heterocycles. The minimum atomic E-state index is -3.43. The largest absolute Gasteiger partial charge is 0.478 e. The van der Waals surface area contributed by atoms with E-state index >= 15 is 0 Å². The maximum Gasteiger partial charge on any atom is 0.337 e. The van der Waals surface area contributed by atoms with Crippen LogP contribution in [0.1, 0.15) is 31.8 Å². The van der Waals surface area contributed by atoms with Crippen LogP contribution in [0, 0.1) is 11.3 Å². The summed E-state index contributed by atoms with van der Waals surface area (Å²) < 4.78 is 23.6. The van der Waals surface area contributed by atoms with E-state index < -0.39 is 22.7 Å². The van der Waals surface area contributed by atoms with Crippen molar-refractivity contribution in [2.24, 2.45) is 0 Å². The molecule has 4 rings (SSSR count). The Kier molecular flexibility index (Phi) is 6.01. The molecule has 0 saturated carbocycles. The van der Waals surface area contributed by atoms with Crippen molar-refractivity contribution in [2.75, 3.05) is 16.2 Å². The zero-order chi connectivity index (χ0) is 23.8. The lowest BCUT2D eigenvalue weighted by molar-refractivity contribution is 0.0698. The molecule has 0 aliphatic carbocycles. The Morgan fingerprint density at radius 3 is 2.45 bits per heavy atom. The number of halogens is 1. The zero-order valence-corrected chi connectivity index (χ0v) is 18.6. The summed E-state index contributed by atoms with van der Waals surface area (Å²) in [4.78, 5) is 24.6. The number of fused-ring (bicyclic) bond motifs is 1. The van der Waals surface area contributed by atoms with Gasteiger partial charge in [0.1, 0.15) is 0 Å². The fraction of sp³-hybridized carbons (Fsp3) is 0.0870. The molecule has 3 aromatic rings. The Morgan fingerprint density at radius 2 is 1.79 bits per heavy atom. The predicted molar refractivity (Wildman–Crippen MR) is 126 cm³/mol. The number of carboxylic acids is 1. The van der Waals surface area contributed by atoms with Gasteiger partial charge in [-0.1, -0.05) is 28.4 Å². The van der Waals surface area contributed by atoms with Crippen molar-refractivity contribution < 1.29 is 23.8 Å². The molecule has 8 nitrogen and oxygen atoms in total. The molecule has 1 amide bonds. The Balaban J connectivity index is 1.66. The van der Waals surface area contributed by atoms with E-state index in [1.807, 2.05) is 6.07 Å². The van der Waals surface area contributed by atoms with Gasteiger partial charge in [0.15, 0.2) is 0 Å². The van der Waals surface area contributed by atoms with Gasteiger partial charge in [-0.3, -0.25) is 18.2 Å². The van der Waals surface area contributed by atoms with Gasteiger partial charge < -0.3 is 10.4 Å². The first-order chi connectivity index (χ1) is 15.7. The molecule has 0 radical (unpaired) electrons. The monoisotopic (exact) mass is 483 g/mol. The SMILES string of the molecule is N#Cc1ccc(NC(=O)c2ccc3c(c2)S(O)(O)N(c2ccc(Cl)cc2)CC3)c(C(=O)O)c1. The number of nitrogens with one attached hydrogen (secondary N) is 1. The highest BCUT2D eigenvalue weighted by molar-refractivity contribution is 8.25. The minimum absolute atomic E-state index is 0.0265. The van der Waals surface area contributed by atoms with Crippen LogP contribution in [0.3, 0.4) is 0 Å². The molecule has 33 heavy (non-hydrogen) atoms. The van der Waals surface area contributed by atoms with E-state index in [1.54, 1.807) is 36.4 Å². The van der Waals surface area contributed by atoms with E-state index in [0.717, 1.165) is 0 Å². The summed E-state index contributed by atoms with van der Waals surface area (Å²) in [5.41, 5.74) is 1.38. The van der Waals surface area contributed by atoms with Crippen LogP contribution in [-0.2, 0) is 6.42 Å². The van der Waals surface area contributed by atoms with Gasteiger partial charge in [-0.15, -0.1) is 0 Å². The number of nitrogens with zero attached hydrogens (tertiary/aromatic N) is 2. The first-order valence-electron chi connectivity index (χ1n) is 9.74. The lowest BCUT2D eigenvalue weighted by Gasteiger charge is -2.48. The third-order valence-corrected chi connectivity index (χ3v) is 7.49. The van der Waals surface area contributed by atoms with Gasteiger partial charge in [-0.2, -0.15) is 5.26 Å². The summed E-state index contributed by atoms with van der Waals surface area (Å²) in [6, 6.07) is 17.1. The topological polar surface area (TPSA) is 134 Å². The van der Waals surface area contributed by atoms with Crippen LogP contribution in [0.25, 0.3) is 0 Å². The van der Waals surface area contributed by atoms with E-state index in [9.17, 15) is 23.8 Å². The first-order valence-corrected chi connectivity index (χ1v) is 11.6. The lowest BCUT2D eigenvalue weighted by Crippen LogP contribution is -2.34. The van der Waals surface area contributed by atoms with Crippen molar-refractivity contribution in [1.29, 1.82) is 5.26 Å². The van der Waals surface area contributed by atoms with E-state index in [4.69, 9.17) is 16.9 Å². The number of aromatic carboxylic acids is 1. The maximum absolute atomic E-state index is 12.9. The number of nitriles is 1. The Hall–Kier alpha value is -3.55. The second-order valence-electron chi connectivity index (χ2n) is 7.30. The van der Waals surface area contributed by atoms with Gasteiger partial charge in [0.25, 0.3) is 5.91 Å². The number of hydrogen-bond acceptors (Lipinski definition) is 6. The highest BCUT2D eigenvalue weighted by atomic mass is 35.5. The molecular weight excluding hydrogens is 466 g/mol. The molecule has 0 spiro atoms. The first kappa shape index (κ1) is 22.6. The number of anilines is 2. The van der Waals surface area contributed by atoms with E-state index in [1.165, 1.54) is 28.6 Å². The number of carbonyl (C=O) groups is 2. The summed E-state index contributed by atoms with van der Waals surface area (Å²) in [7, 11) is -3.43. The van der Waals surface area contributed by atoms with Gasteiger partial charge in [0.2, 0.25) is 0 Å². The molecule has 0 bridgehead atoms.